The maximum absolute atomic E-state index is 12.6. The van der Waals surface area contributed by atoms with Crippen LogP contribution in [-0.4, -0.2) is 41.7 Å². The van der Waals surface area contributed by atoms with Crippen LogP contribution in [0.3, 0.4) is 0 Å². The van der Waals surface area contributed by atoms with Crippen molar-refractivity contribution < 1.29 is 14.3 Å². The van der Waals surface area contributed by atoms with Crippen LogP contribution in [0.5, 0.6) is 5.75 Å². The molecule has 1 fully saturated rings. The first-order valence-corrected chi connectivity index (χ1v) is 8.84. The molecule has 1 aromatic carbocycles. The minimum Gasteiger partial charge on any atom is -0.491 e. The number of carbonyl (C=O) groups is 1. The fraction of sp³-hybridized carbons (Fsp3) is 0.400. The maximum atomic E-state index is 12.6. The molecule has 0 aliphatic carbocycles. The lowest BCUT2D eigenvalue weighted by Gasteiger charge is -2.33. The zero-order valence-electron chi connectivity index (χ0n) is 15.0. The molecule has 0 radical (unpaired) electrons. The SMILES string of the molecule is COc1cccn(CC(=O)N2CCC[C@H](OCc3ccccc3)C2)c1=O. The molecular weight excluding hydrogens is 332 g/mol. The van der Waals surface area contributed by atoms with Gasteiger partial charge in [-0.25, -0.2) is 0 Å². The molecule has 0 spiro atoms. The summed E-state index contributed by atoms with van der Waals surface area (Å²) in [5.41, 5.74) is 0.830. The Morgan fingerprint density at radius 2 is 2.00 bits per heavy atom. The molecule has 6 heteroatoms. The first-order chi connectivity index (χ1) is 12.7. The minimum absolute atomic E-state index is 0.0153. The van der Waals surface area contributed by atoms with Crippen LogP contribution in [0.25, 0.3) is 0 Å². The number of piperidine rings is 1. The van der Waals surface area contributed by atoms with Gasteiger partial charge >= 0.3 is 0 Å². The Labute approximate surface area is 153 Å². The van der Waals surface area contributed by atoms with Crippen molar-refractivity contribution in [2.45, 2.75) is 32.1 Å². The van der Waals surface area contributed by atoms with Crippen molar-refractivity contribution in [3.8, 4) is 5.75 Å². The lowest BCUT2D eigenvalue weighted by atomic mass is 10.1. The second-order valence-electron chi connectivity index (χ2n) is 6.41. The zero-order valence-corrected chi connectivity index (χ0v) is 15.0. The number of aromatic nitrogens is 1. The molecule has 1 saturated heterocycles. The molecule has 3 rings (SSSR count). The normalized spacial score (nSPS) is 17.1. The van der Waals surface area contributed by atoms with Gasteiger partial charge in [0.05, 0.1) is 19.8 Å². The van der Waals surface area contributed by atoms with Crippen molar-refractivity contribution in [1.29, 1.82) is 0 Å². The number of ether oxygens (including phenoxy) is 2. The van der Waals surface area contributed by atoms with Crippen LogP contribution in [0, 0.1) is 0 Å². The summed E-state index contributed by atoms with van der Waals surface area (Å²) < 4.78 is 12.4. The van der Waals surface area contributed by atoms with E-state index in [1.54, 1.807) is 23.2 Å². The van der Waals surface area contributed by atoms with Crippen molar-refractivity contribution in [3.63, 3.8) is 0 Å². The number of hydrogen-bond donors (Lipinski definition) is 0. The third-order valence-corrected chi connectivity index (χ3v) is 4.57. The molecule has 2 aromatic rings. The summed E-state index contributed by atoms with van der Waals surface area (Å²) in [6, 6.07) is 13.3. The molecule has 1 amide bonds. The third-order valence-electron chi connectivity index (χ3n) is 4.57. The monoisotopic (exact) mass is 356 g/mol. The molecule has 2 heterocycles. The van der Waals surface area contributed by atoms with E-state index in [9.17, 15) is 9.59 Å². The van der Waals surface area contributed by atoms with Crippen molar-refractivity contribution in [1.82, 2.24) is 9.47 Å². The molecule has 0 bridgehead atoms. The molecule has 138 valence electrons. The predicted molar refractivity (Wildman–Crippen MR) is 98.1 cm³/mol. The molecule has 0 saturated carbocycles. The standard InChI is InChI=1S/C20H24N2O4/c1-25-18-10-6-12-22(20(18)24)14-19(23)21-11-5-9-17(13-21)26-15-16-7-3-2-4-8-16/h2-4,6-8,10,12,17H,5,9,11,13-15H2,1H3/t17-/m0/s1. The van der Waals surface area contributed by atoms with Gasteiger partial charge in [0.2, 0.25) is 5.91 Å². The van der Waals surface area contributed by atoms with E-state index in [0.717, 1.165) is 18.4 Å². The summed E-state index contributed by atoms with van der Waals surface area (Å²) in [5, 5.41) is 0. The number of pyridine rings is 1. The van der Waals surface area contributed by atoms with E-state index in [2.05, 4.69) is 0 Å². The molecule has 1 aromatic heterocycles. The average Bonchev–Trinajstić information content (AvgIpc) is 2.69. The van der Waals surface area contributed by atoms with Crippen LogP contribution < -0.4 is 10.3 Å². The summed E-state index contributed by atoms with van der Waals surface area (Å²) in [4.78, 5) is 26.6. The highest BCUT2D eigenvalue weighted by Crippen LogP contribution is 2.16. The average molecular weight is 356 g/mol. The maximum Gasteiger partial charge on any atom is 0.293 e. The van der Waals surface area contributed by atoms with E-state index in [1.165, 1.54) is 11.7 Å². The Morgan fingerprint density at radius 1 is 1.19 bits per heavy atom. The van der Waals surface area contributed by atoms with Crippen molar-refractivity contribution >= 4 is 5.91 Å². The van der Waals surface area contributed by atoms with Gasteiger partial charge in [0.15, 0.2) is 5.75 Å². The summed E-state index contributed by atoms with van der Waals surface area (Å²) in [5.74, 6) is 0.163. The fourth-order valence-electron chi connectivity index (χ4n) is 3.13. The predicted octanol–water partition coefficient (Wildman–Crippen LogP) is 2.06. The summed E-state index contributed by atoms with van der Waals surface area (Å²) in [6.45, 7) is 1.82. The van der Waals surface area contributed by atoms with Crippen LogP contribution in [0.15, 0.2) is 53.5 Å². The highest BCUT2D eigenvalue weighted by atomic mass is 16.5. The van der Waals surface area contributed by atoms with Crippen molar-refractivity contribution in [2.24, 2.45) is 0 Å². The van der Waals surface area contributed by atoms with Crippen molar-refractivity contribution in [3.05, 3.63) is 64.6 Å². The summed E-state index contributed by atoms with van der Waals surface area (Å²) in [6.07, 6.45) is 3.47. The largest absolute Gasteiger partial charge is 0.491 e. The Hall–Kier alpha value is -2.60. The topological polar surface area (TPSA) is 60.8 Å². The first-order valence-electron chi connectivity index (χ1n) is 8.84. The molecule has 0 N–H and O–H groups in total. The van der Waals surface area contributed by atoms with E-state index < -0.39 is 0 Å². The lowest BCUT2D eigenvalue weighted by molar-refractivity contribution is -0.136. The zero-order chi connectivity index (χ0) is 18.4. The van der Waals surface area contributed by atoms with Gasteiger partial charge in [-0.15, -0.1) is 0 Å². The second kappa shape index (κ2) is 8.67. The number of carbonyl (C=O) groups excluding carboxylic acids is 1. The summed E-state index contributed by atoms with van der Waals surface area (Å²) >= 11 is 0. The first kappa shape index (κ1) is 18.2. The minimum atomic E-state index is -0.294. The number of hydrogen-bond acceptors (Lipinski definition) is 4. The van der Waals surface area contributed by atoms with Crippen molar-refractivity contribution in [2.75, 3.05) is 20.2 Å². The third kappa shape index (κ3) is 4.52. The van der Waals surface area contributed by atoms with Crippen LogP contribution in [0.2, 0.25) is 0 Å². The number of nitrogens with zero attached hydrogens (tertiary/aromatic N) is 2. The number of rotatable bonds is 6. The highest BCUT2D eigenvalue weighted by Gasteiger charge is 2.24. The van der Waals surface area contributed by atoms with Gasteiger partial charge in [-0.3, -0.25) is 9.59 Å². The van der Waals surface area contributed by atoms with Gasteiger partial charge < -0.3 is 18.9 Å². The lowest BCUT2D eigenvalue weighted by Crippen LogP contribution is -2.45. The van der Waals surface area contributed by atoms with E-state index in [0.29, 0.717) is 19.7 Å². The van der Waals surface area contributed by atoms with Gasteiger partial charge in [0.25, 0.3) is 5.56 Å². The molecule has 1 aliphatic heterocycles. The Morgan fingerprint density at radius 3 is 2.77 bits per heavy atom. The molecule has 6 nitrogen and oxygen atoms in total. The number of benzene rings is 1. The number of amides is 1. The number of likely N-dealkylation sites (tertiary alicyclic amines) is 1. The van der Waals surface area contributed by atoms with Gasteiger partial charge in [-0.05, 0) is 30.5 Å². The fourth-order valence-corrected chi connectivity index (χ4v) is 3.13. The number of methoxy groups -OCH3 is 1. The van der Waals surface area contributed by atoms with Gasteiger partial charge in [-0.1, -0.05) is 30.3 Å². The van der Waals surface area contributed by atoms with Crippen LogP contribution in [-0.2, 0) is 22.7 Å². The molecule has 0 unspecified atom stereocenters. The summed E-state index contributed by atoms with van der Waals surface area (Å²) in [7, 11) is 1.45. The Balaban J connectivity index is 1.57. The van der Waals surface area contributed by atoms with Crippen LogP contribution >= 0.6 is 0 Å². The van der Waals surface area contributed by atoms with E-state index in [1.807, 2.05) is 30.3 Å². The van der Waals surface area contributed by atoms with Crippen LogP contribution in [0.4, 0.5) is 0 Å². The Bertz CT molecular complexity index is 788. The van der Waals surface area contributed by atoms with E-state index >= 15 is 0 Å². The quantitative estimate of drug-likeness (QED) is 0.795. The van der Waals surface area contributed by atoms with Gasteiger partial charge in [0, 0.05) is 19.3 Å². The Kier molecular flexibility index (Phi) is 6.07. The van der Waals surface area contributed by atoms with Crippen LogP contribution in [0.1, 0.15) is 18.4 Å². The smallest absolute Gasteiger partial charge is 0.293 e. The second-order valence-corrected chi connectivity index (χ2v) is 6.41. The molecule has 1 atom stereocenters. The van der Waals surface area contributed by atoms with E-state index in [-0.39, 0.29) is 29.9 Å². The van der Waals surface area contributed by atoms with Gasteiger partial charge in [0.1, 0.15) is 6.54 Å². The van der Waals surface area contributed by atoms with Gasteiger partial charge in [-0.2, -0.15) is 0 Å². The molecule has 1 aliphatic rings. The highest BCUT2D eigenvalue weighted by molar-refractivity contribution is 5.76. The molecular formula is C20H24N2O4. The van der Waals surface area contributed by atoms with E-state index in [4.69, 9.17) is 9.47 Å². The molecule has 26 heavy (non-hydrogen) atoms.